The van der Waals surface area contributed by atoms with E-state index in [1.807, 2.05) is 0 Å². The van der Waals surface area contributed by atoms with Gasteiger partial charge < -0.3 is 10.2 Å². The van der Waals surface area contributed by atoms with Gasteiger partial charge in [-0.25, -0.2) is 9.97 Å². The third kappa shape index (κ3) is 2.73. The number of fused-ring (bicyclic) bond motifs is 1. The Hall–Kier alpha value is -1.16. The summed E-state index contributed by atoms with van der Waals surface area (Å²) in [7, 11) is 0. The first-order valence-electron chi connectivity index (χ1n) is 7.69. The van der Waals surface area contributed by atoms with Crippen LogP contribution < -0.4 is 10.2 Å². The molecule has 0 radical (unpaired) electrons. The number of nitrogens with zero attached hydrogens (tertiary/aromatic N) is 3. The summed E-state index contributed by atoms with van der Waals surface area (Å²) in [6, 6.07) is 0.693. The second-order valence-corrected chi connectivity index (χ2v) is 5.65. The van der Waals surface area contributed by atoms with Crippen LogP contribution in [0.2, 0.25) is 0 Å². The van der Waals surface area contributed by atoms with E-state index in [-0.39, 0.29) is 0 Å². The van der Waals surface area contributed by atoms with Gasteiger partial charge in [0.15, 0.2) is 0 Å². The molecule has 0 amide bonds. The lowest BCUT2D eigenvalue weighted by atomic mass is 9.95. The number of aryl methyl sites for hydroxylation is 1. The van der Waals surface area contributed by atoms with Crippen molar-refractivity contribution in [2.45, 2.75) is 51.5 Å². The molecule has 2 heterocycles. The van der Waals surface area contributed by atoms with E-state index in [2.05, 4.69) is 27.1 Å². The van der Waals surface area contributed by atoms with E-state index < -0.39 is 0 Å². The zero-order chi connectivity index (χ0) is 13.1. The molecular weight excluding hydrogens is 236 g/mol. The summed E-state index contributed by atoms with van der Waals surface area (Å²) >= 11 is 0. The Morgan fingerprint density at radius 3 is 2.79 bits per heavy atom. The van der Waals surface area contributed by atoms with Gasteiger partial charge in [-0.15, -0.1) is 0 Å². The first-order chi connectivity index (χ1) is 9.38. The van der Waals surface area contributed by atoms with Crippen LogP contribution in [-0.2, 0) is 12.8 Å². The van der Waals surface area contributed by atoms with Crippen molar-refractivity contribution in [3.05, 3.63) is 17.6 Å². The van der Waals surface area contributed by atoms with Gasteiger partial charge in [-0.05, 0) is 45.1 Å². The molecule has 0 aromatic carbocycles. The van der Waals surface area contributed by atoms with Crippen LogP contribution in [0.3, 0.4) is 0 Å². The van der Waals surface area contributed by atoms with Gasteiger partial charge in [0, 0.05) is 30.4 Å². The summed E-state index contributed by atoms with van der Waals surface area (Å²) in [5.74, 6) is 1.22. The largest absolute Gasteiger partial charge is 0.356 e. The van der Waals surface area contributed by atoms with E-state index in [1.165, 1.54) is 49.2 Å². The van der Waals surface area contributed by atoms with E-state index in [9.17, 15) is 0 Å². The van der Waals surface area contributed by atoms with E-state index in [0.717, 1.165) is 26.1 Å². The van der Waals surface area contributed by atoms with E-state index in [1.54, 1.807) is 6.33 Å². The average molecular weight is 260 g/mol. The third-order valence-corrected chi connectivity index (χ3v) is 4.39. The normalized spacial score (nSPS) is 20.4. The Balaban J connectivity index is 1.73. The van der Waals surface area contributed by atoms with Crippen molar-refractivity contribution in [1.82, 2.24) is 15.3 Å². The Morgan fingerprint density at radius 1 is 1.21 bits per heavy atom. The molecule has 0 unspecified atom stereocenters. The van der Waals surface area contributed by atoms with Crippen LogP contribution >= 0.6 is 0 Å². The molecule has 1 fully saturated rings. The molecule has 1 saturated heterocycles. The van der Waals surface area contributed by atoms with E-state index in [4.69, 9.17) is 0 Å². The van der Waals surface area contributed by atoms with Gasteiger partial charge in [-0.2, -0.15) is 0 Å². The molecule has 4 nitrogen and oxygen atoms in total. The first kappa shape index (κ1) is 12.9. The van der Waals surface area contributed by atoms with Gasteiger partial charge >= 0.3 is 0 Å². The zero-order valence-electron chi connectivity index (χ0n) is 11.9. The SMILES string of the molecule is CCNC1CCN(c2ncnc3c2CCCC3)CC1. The topological polar surface area (TPSA) is 41.0 Å². The molecule has 0 bridgehead atoms. The lowest BCUT2D eigenvalue weighted by Gasteiger charge is -2.35. The predicted octanol–water partition coefficient (Wildman–Crippen LogP) is 1.93. The Labute approximate surface area is 115 Å². The monoisotopic (exact) mass is 260 g/mol. The van der Waals surface area contributed by atoms with Crippen LogP contribution in [0.25, 0.3) is 0 Å². The summed E-state index contributed by atoms with van der Waals surface area (Å²) < 4.78 is 0. The summed E-state index contributed by atoms with van der Waals surface area (Å²) in [5.41, 5.74) is 2.72. The molecule has 1 aliphatic heterocycles. The standard InChI is InChI=1S/C15H24N4/c1-2-16-12-7-9-19(10-8-12)15-13-5-3-4-6-14(13)17-11-18-15/h11-12,16H,2-10H2,1H3. The van der Waals surface area contributed by atoms with Crippen LogP contribution in [0.4, 0.5) is 5.82 Å². The molecule has 1 aromatic heterocycles. The van der Waals surface area contributed by atoms with Crippen LogP contribution in [-0.4, -0.2) is 35.6 Å². The number of hydrogen-bond donors (Lipinski definition) is 1. The molecule has 1 aromatic rings. The van der Waals surface area contributed by atoms with Crippen molar-refractivity contribution in [3.63, 3.8) is 0 Å². The fourth-order valence-electron chi connectivity index (χ4n) is 3.36. The van der Waals surface area contributed by atoms with Crippen molar-refractivity contribution < 1.29 is 0 Å². The van der Waals surface area contributed by atoms with Gasteiger partial charge in [0.25, 0.3) is 0 Å². The zero-order valence-corrected chi connectivity index (χ0v) is 11.9. The van der Waals surface area contributed by atoms with Gasteiger partial charge in [0.2, 0.25) is 0 Å². The summed E-state index contributed by atoms with van der Waals surface area (Å²) in [6.07, 6.45) is 9.10. The molecule has 3 rings (SSSR count). The second-order valence-electron chi connectivity index (χ2n) is 5.65. The van der Waals surface area contributed by atoms with Crippen LogP contribution in [0.5, 0.6) is 0 Å². The second kappa shape index (κ2) is 5.87. The Morgan fingerprint density at radius 2 is 2.00 bits per heavy atom. The van der Waals surface area contributed by atoms with Gasteiger partial charge in [-0.1, -0.05) is 6.92 Å². The highest BCUT2D eigenvalue weighted by atomic mass is 15.2. The maximum Gasteiger partial charge on any atom is 0.135 e. The van der Waals surface area contributed by atoms with Crippen molar-refractivity contribution in [2.24, 2.45) is 0 Å². The lowest BCUT2D eigenvalue weighted by Crippen LogP contribution is -2.43. The lowest BCUT2D eigenvalue weighted by molar-refractivity contribution is 0.421. The molecular formula is C15H24N4. The average Bonchev–Trinajstić information content (AvgIpc) is 2.48. The molecule has 4 heteroatoms. The summed E-state index contributed by atoms with van der Waals surface area (Å²) in [5, 5.41) is 3.56. The van der Waals surface area contributed by atoms with Crippen molar-refractivity contribution in [3.8, 4) is 0 Å². The van der Waals surface area contributed by atoms with Gasteiger partial charge in [0.05, 0.1) is 0 Å². The minimum Gasteiger partial charge on any atom is -0.356 e. The molecule has 0 atom stereocenters. The minimum absolute atomic E-state index is 0.693. The number of anilines is 1. The molecule has 1 N–H and O–H groups in total. The van der Waals surface area contributed by atoms with Crippen molar-refractivity contribution in [1.29, 1.82) is 0 Å². The van der Waals surface area contributed by atoms with Crippen LogP contribution in [0.1, 0.15) is 43.9 Å². The quantitative estimate of drug-likeness (QED) is 0.901. The van der Waals surface area contributed by atoms with Crippen LogP contribution in [0.15, 0.2) is 6.33 Å². The number of nitrogens with one attached hydrogen (secondary N) is 1. The molecule has 1 aliphatic carbocycles. The maximum absolute atomic E-state index is 4.58. The Bertz CT molecular complexity index is 424. The smallest absolute Gasteiger partial charge is 0.135 e. The molecule has 19 heavy (non-hydrogen) atoms. The highest BCUT2D eigenvalue weighted by molar-refractivity contribution is 5.49. The number of rotatable bonds is 3. The number of aromatic nitrogens is 2. The highest BCUT2D eigenvalue weighted by Crippen LogP contribution is 2.28. The Kier molecular flexibility index (Phi) is 3.97. The minimum atomic E-state index is 0.693. The molecule has 0 spiro atoms. The summed E-state index contributed by atoms with van der Waals surface area (Å²) in [4.78, 5) is 11.5. The fourth-order valence-corrected chi connectivity index (χ4v) is 3.36. The predicted molar refractivity (Wildman–Crippen MR) is 77.6 cm³/mol. The van der Waals surface area contributed by atoms with Crippen molar-refractivity contribution >= 4 is 5.82 Å². The molecule has 2 aliphatic rings. The number of hydrogen-bond acceptors (Lipinski definition) is 4. The third-order valence-electron chi connectivity index (χ3n) is 4.39. The maximum atomic E-state index is 4.58. The molecule has 104 valence electrons. The summed E-state index contributed by atoms with van der Waals surface area (Å²) in [6.45, 7) is 5.52. The van der Waals surface area contributed by atoms with Gasteiger partial charge in [0.1, 0.15) is 12.1 Å². The number of piperidine rings is 1. The van der Waals surface area contributed by atoms with Crippen LogP contribution in [0, 0.1) is 0 Å². The molecule has 0 saturated carbocycles. The van der Waals surface area contributed by atoms with Crippen molar-refractivity contribution in [2.75, 3.05) is 24.5 Å². The van der Waals surface area contributed by atoms with Gasteiger partial charge in [-0.3, -0.25) is 0 Å². The van der Waals surface area contributed by atoms with E-state index >= 15 is 0 Å². The first-order valence-corrected chi connectivity index (χ1v) is 7.69. The highest BCUT2D eigenvalue weighted by Gasteiger charge is 2.23. The van der Waals surface area contributed by atoms with E-state index in [0.29, 0.717) is 6.04 Å². The fraction of sp³-hybridized carbons (Fsp3) is 0.733.